The van der Waals surface area contributed by atoms with Crippen molar-refractivity contribution in [2.24, 2.45) is 5.14 Å². The summed E-state index contributed by atoms with van der Waals surface area (Å²) in [5.41, 5.74) is 3.00. The van der Waals surface area contributed by atoms with Crippen molar-refractivity contribution < 1.29 is 17.6 Å². The molecule has 136 valence electrons. The number of para-hydroxylation sites is 1. The van der Waals surface area contributed by atoms with E-state index in [0.717, 1.165) is 11.3 Å². The molecule has 7 heteroatoms. The van der Waals surface area contributed by atoms with E-state index in [2.05, 4.69) is 0 Å². The summed E-state index contributed by atoms with van der Waals surface area (Å²) >= 11 is 0. The van der Waals surface area contributed by atoms with Crippen LogP contribution >= 0.6 is 0 Å². The maximum Gasteiger partial charge on any atom is 0.258 e. The molecule has 1 aliphatic rings. The number of sulfonamides is 1. The van der Waals surface area contributed by atoms with E-state index in [0.29, 0.717) is 22.7 Å². The number of hydrogen-bond donors (Lipinski definition) is 1. The van der Waals surface area contributed by atoms with Crippen molar-refractivity contribution in [1.82, 2.24) is 0 Å². The molecule has 0 spiro atoms. The first-order chi connectivity index (χ1) is 12.8. The number of nitrogens with two attached hydrogens (primary N) is 1. The Bertz CT molecular complexity index is 1170. The van der Waals surface area contributed by atoms with Gasteiger partial charge < -0.3 is 9.32 Å². The SMILES string of the molecule is CN1C(=O)/C(=C\c2ccc(-c3ccc(S(N)(=O)=O)cc3)o2)c2ccccc21. The largest absolute Gasteiger partial charge is 0.457 e. The number of amides is 1. The van der Waals surface area contributed by atoms with E-state index in [1.807, 2.05) is 24.3 Å². The van der Waals surface area contributed by atoms with Gasteiger partial charge >= 0.3 is 0 Å². The van der Waals surface area contributed by atoms with Crippen molar-refractivity contribution in [3.8, 4) is 11.3 Å². The third kappa shape index (κ3) is 3.07. The van der Waals surface area contributed by atoms with Crippen LogP contribution in [0.25, 0.3) is 23.0 Å². The van der Waals surface area contributed by atoms with Gasteiger partial charge in [0.1, 0.15) is 11.5 Å². The van der Waals surface area contributed by atoms with Crippen LogP contribution < -0.4 is 10.0 Å². The Morgan fingerprint density at radius 3 is 2.41 bits per heavy atom. The molecule has 3 aromatic rings. The van der Waals surface area contributed by atoms with E-state index >= 15 is 0 Å². The van der Waals surface area contributed by atoms with Gasteiger partial charge in [-0.2, -0.15) is 0 Å². The summed E-state index contributed by atoms with van der Waals surface area (Å²) in [6.45, 7) is 0. The predicted molar refractivity (Wildman–Crippen MR) is 103 cm³/mol. The lowest BCUT2D eigenvalue weighted by Gasteiger charge is -2.07. The number of carbonyl (C=O) groups is 1. The van der Waals surface area contributed by atoms with Gasteiger partial charge in [0.05, 0.1) is 16.2 Å². The highest BCUT2D eigenvalue weighted by Crippen LogP contribution is 2.37. The lowest BCUT2D eigenvalue weighted by atomic mass is 10.1. The Morgan fingerprint density at radius 2 is 1.70 bits per heavy atom. The minimum absolute atomic E-state index is 0.0383. The Balaban J connectivity index is 1.68. The molecule has 1 aliphatic heterocycles. The van der Waals surface area contributed by atoms with Crippen LogP contribution in [0.5, 0.6) is 0 Å². The Kier molecular flexibility index (Phi) is 3.98. The molecule has 6 nitrogen and oxygen atoms in total. The van der Waals surface area contributed by atoms with E-state index in [-0.39, 0.29) is 10.8 Å². The van der Waals surface area contributed by atoms with Crippen LogP contribution in [0.3, 0.4) is 0 Å². The zero-order valence-corrected chi connectivity index (χ0v) is 15.2. The second-order valence-corrected chi connectivity index (χ2v) is 7.77. The lowest BCUT2D eigenvalue weighted by molar-refractivity contribution is -0.112. The monoisotopic (exact) mass is 380 g/mol. The quantitative estimate of drug-likeness (QED) is 0.707. The highest BCUT2D eigenvalue weighted by Gasteiger charge is 2.29. The van der Waals surface area contributed by atoms with Crippen molar-refractivity contribution in [1.29, 1.82) is 0 Å². The standard InChI is InChI=1S/C20H16N2O4S/c1-22-18-5-3-2-4-16(18)17(20(22)23)12-14-8-11-19(26-14)13-6-9-15(10-7-13)27(21,24)25/h2-12H,1H3,(H2,21,24,25)/b17-12-. The molecule has 1 aromatic heterocycles. The van der Waals surface area contributed by atoms with E-state index in [1.165, 1.54) is 12.1 Å². The van der Waals surface area contributed by atoms with E-state index in [1.54, 1.807) is 42.3 Å². The summed E-state index contributed by atoms with van der Waals surface area (Å²) < 4.78 is 28.5. The molecule has 27 heavy (non-hydrogen) atoms. The molecule has 2 aromatic carbocycles. The molecule has 2 N–H and O–H groups in total. The van der Waals surface area contributed by atoms with Gasteiger partial charge in [0.2, 0.25) is 10.0 Å². The average Bonchev–Trinajstić information content (AvgIpc) is 3.21. The Morgan fingerprint density at radius 1 is 1.00 bits per heavy atom. The third-order valence-electron chi connectivity index (χ3n) is 4.47. The minimum Gasteiger partial charge on any atom is -0.457 e. The number of primary sulfonamides is 1. The normalized spacial score (nSPS) is 15.4. The fraction of sp³-hybridized carbons (Fsp3) is 0.0500. The van der Waals surface area contributed by atoms with Crippen LogP contribution in [-0.2, 0) is 14.8 Å². The van der Waals surface area contributed by atoms with Gasteiger partial charge in [0.25, 0.3) is 5.91 Å². The number of anilines is 1. The molecular weight excluding hydrogens is 364 g/mol. The first-order valence-electron chi connectivity index (χ1n) is 8.17. The number of nitrogens with zero attached hydrogens (tertiary/aromatic N) is 1. The van der Waals surface area contributed by atoms with Gasteiger partial charge in [0, 0.05) is 18.2 Å². The van der Waals surface area contributed by atoms with Gasteiger partial charge in [-0.25, -0.2) is 13.6 Å². The van der Waals surface area contributed by atoms with Crippen LogP contribution in [0.15, 0.2) is 70.0 Å². The number of rotatable bonds is 3. The molecule has 0 atom stereocenters. The maximum absolute atomic E-state index is 12.5. The number of carbonyl (C=O) groups excluding carboxylic acids is 1. The Labute approximate surface area is 156 Å². The minimum atomic E-state index is -3.73. The summed E-state index contributed by atoms with van der Waals surface area (Å²) in [6, 6.07) is 17.2. The Hall–Kier alpha value is -3.16. The summed E-state index contributed by atoms with van der Waals surface area (Å²) in [5.74, 6) is 1.01. The van der Waals surface area contributed by atoms with E-state index in [4.69, 9.17) is 9.56 Å². The molecule has 0 unspecified atom stereocenters. The average molecular weight is 380 g/mol. The predicted octanol–water partition coefficient (Wildman–Crippen LogP) is 3.11. The number of fused-ring (bicyclic) bond motifs is 1. The fourth-order valence-electron chi connectivity index (χ4n) is 3.08. The van der Waals surface area contributed by atoms with E-state index < -0.39 is 10.0 Å². The van der Waals surface area contributed by atoms with Gasteiger partial charge in [0.15, 0.2) is 0 Å². The number of hydrogen-bond acceptors (Lipinski definition) is 4. The smallest absolute Gasteiger partial charge is 0.258 e. The van der Waals surface area contributed by atoms with Crippen molar-refractivity contribution in [2.75, 3.05) is 11.9 Å². The summed E-state index contributed by atoms with van der Waals surface area (Å²) in [6.07, 6.45) is 1.72. The van der Waals surface area contributed by atoms with Crippen LogP contribution in [0.2, 0.25) is 0 Å². The second-order valence-electron chi connectivity index (χ2n) is 6.21. The van der Waals surface area contributed by atoms with Gasteiger partial charge in [-0.3, -0.25) is 4.79 Å². The summed E-state index contributed by atoms with van der Waals surface area (Å²) in [7, 11) is -2.00. The van der Waals surface area contributed by atoms with Crippen molar-refractivity contribution in [3.63, 3.8) is 0 Å². The van der Waals surface area contributed by atoms with Crippen molar-refractivity contribution >= 4 is 33.3 Å². The number of furan rings is 1. The van der Waals surface area contributed by atoms with Crippen molar-refractivity contribution in [2.45, 2.75) is 4.90 Å². The number of likely N-dealkylation sites (N-methyl/N-ethyl adjacent to an activating group) is 1. The van der Waals surface area contributed by atoms with Crippen molar-refractivity contribution in [3.05, 3.63) is 72.0 Å². The zero-order chi connectivity index (χ0) is 19.2. The molecule has 0 radical (unpaired) electrons. The van der Waals surface area contributed by atoms with Crippen LogP contribution in [-0.4, -0.2) is 21.4 Å². The van der Waals surface area contributed by atoms with E-state index in [9.17, 15) is 13.2 Å². The van der Waals surface area contributed by atoms with Crippen LogP contribution in [0.4, 0.5) is 5.69 Å². The highest BCUT2D eigenvalue weighted by atomic mass is 32.2. The second kappa shape index (κ2) is 6.22. The summed E-state index contributed by atoms with van der Waals surface area (Å²) in [4.78, 5) is 14.2. The lowest BCUT2D eigenvalue weighted by Crippen LogP contribution is -2.20. The first kappa shape index (κ1) is 17.3. The third-order valence-corrected chi connectivity index (χ3v) is 5.40. The molecule has 0 saturated heterocycles. The fourth-order valence-corrected chi connectivity index (χ4v) is 3.59. The molecule has 0 bridgehead atoms. The molecule has 0 saturated carbocycles. The van der Waals surface area contributed by atoms with Gasteiger partial charge in [-0.1, -0.05) is 18.2 Å². The van der Waals surface area contributed by atoms with Gasteiger partial charge in [-0.15, -0.1) is 0 Å². The highest BCUT2D eigenvalue weighted by molar-refractivity contribution is 7.89. The molecular formula is C20H16N2O4S. The molecule has 0 fully saturated rings. The molecule has 0 aliphatic carbocycles. The number of benzene rings is 2. The summed E-state index contributed by atoms with van der Waals surface area (Å²) in [5, 5.41) is 5.11. The van der Waals surface area contributed by atoms with Crippen LogP contribution in [0, 0.1) is 0 Å². The molecule has 2 heterocycles. The molecule has 4 rings (SSSR count). The zero-order valence-electron chi connectivity index (χ0n) is 14.4. The topological polar surface area (TPSA) is 93.6 Å². The maximum atomic E-state index is 12.5. The van der Waals surface area contributed by atoms with Gasteiger partial charge in [-0.05, 0) is 48.5 Å². The first-order valence-corrected chi connectivity index (χ1v) is 9.71. The molecule has 1 amide bonds. The van der Waals surface area contributed by atoms with Crippen LogP contribution in [0.1, 0.15) is 11.3 Å².